The Bertz CT molecular complexity index is 464. The summed E-state index contributed by atoms with van der Waals surface area (Å²) < 4.78 is 12.5. The van der Waals surface area contributed by atoms with Crippen LogP contribution >= 0.6 is 11.8 Å². The van der Waals surface area contributed by atoms with Crippen LogP contribution in [0.3, 0.4) is 0 Å². The highest BCUT2D eigenvalue weighted by Gasteiger charge is 2.65. The Morgan fingerprint density at radius 2 is 1.77 bits per heavy atom. The smallest absolute Gasteiger partial charge is 0.175 e. The monoisotopic (exact) mass is 320 g/mol. The first-order valence-corrected chi connectivity index (χ1v) is 9.60. The zero-order valence-corrected chi connectivity index (χ0v) is 14.7. The summed E-state index contributed by atoms with van der Waals surface area (Å²) in [5.74, 6) is -0.316. The predicted molar refractivity (Wildman–Crippen MR) is 92.2 cm³/mol. The summed E-state index contributed by atoms with van der Waals surface area (Å²) in [6.45, 7) is 6.13. The van der Waals surface area contributed by atoms with Gasteiger partial charge in [0, 0.05) is 22.0 Å². The summed E-state index contributed by atoms with van der Waals surface area (Å²) in [5.41, 5.74) is 0.206. The van der Waals surface area contributed by atoms with E-state index in [1.807, 2.05) is 11.8 Å². The van der Waals surface area contributed by atoms with Gasteiger partial charge in [0.25, 0.3) is 0 Å². The molecule has 1 aromatic carbocycles. The molecule has 0 radical (unpaired) electrons. The van der Waals surface area contributed by atoms with E-state index < -0.39 is 0 Å². The van der Waals surface area contributed by atoms with E-state index in [0.717, 1.165) is 19.6 Å². The van der Waals surface area contributed by atoms with Gasteiger partial charge < -0.3 is 9.47 Å². The highest BCUT2D eigenvalue weighted by atomic mass is 32.2. The fraction of sp³-hybridized carbons (Fsp3) is 0.684. The van der Waals surface area contributed by atoms with Gasteiger partial charge in [0.2, 0.25) is 0 Å². The topological polar surface area (TPSA) is 18.5 Å². The zero-order chi connectivity index (χ0) is 15.5. The van der Waals surface area contributed by atoms with Crippen LogP contribution in [0.5, 0.6) is 0 Å². The Labute approximate surface area is 139 Å². The van der Waals surface area contributed by atoms with E-state index in [4.69, 9.17) is 9.47 Å². The molecule has 2 fully saturated rings. The average molecular weight is 320 g/mol. The van der Waals surface area contributed by atoms with Crippen LogP contribution in [0.2, 0.25) is 0 Å². The van der Waals surface area contributed by atoms with E-state index >= 15 is 0 Å². The number of rotatable bonds is 8. The van der Waals surface area contributed by atoms with Crippen molar-refractivity contribution >= 4 is 11.8 Å². The SMILES string of the molecule is CCCCCC1(C2(C(C)Sc3ccccc3)CC2)OCCO1. The third kappa shape index (κ3) is 3.08. The molecule has 0 N–H and O–H groups in total. The van der Waals surface area contributed by atoms with Crippen LogP contribution in [-0.2, 0) is 9.47 Å². The molecule has 22 heavy (non-hydrogen) atoms. The molecule has 3 rings (SSSR count). The molecule has 0 aromatic heterocycles. The normalized spacial score (nSPS) is 23.4. The van der Waals surface area contributed by atoms with Crippen molar-refractivity contribution in [1.29, 1.82) is 0 Å². The molecule has 1 aliphatic heterocycles. The third-order valence-corrected chi connectivity index (χ3v) is 6.59. The molecule has 2 aliphatic rings. The van der Waals surface area contributed by atoms with E-state index in [9.17, 15) is 0 Å². The lowest BCUT2D eigenvalue weighted by Crippen LogP contribution is -2.45. The Balaban J connectivity index is 1.72. The average Bonchev–Trinajstić information content (AvgIpc) is 3.23. The van der Waals surface area contributed by atoms with Crippen molar-refractivity contribution in [1.82, 2.24) is 0 Å². The number of hydrogen-bond acceptors (Lipinski definition) is 3. The first-order chi connectivity index (χ1) is 10.7. The van der Waals surface area contributed by atoms with Gasteiger partial charge in [-0.15, -0.1) is 11.8 Å². The minimum Gasteiger partial charge on any atom is -0.347 e. The van der Waals surface area contributed by atoms with Crippen molar-refractivity contribution in [2.24, 2.45) is 5.41 Å². The van der Waals surface area contributed by atoms with Crippen molar-refractivity contribution < 1.29 is 9.47 Å². The standard InChI is InChI=1S/C19H28O2S/c1-3-4-8-11-19(20-14-15-21-19)18(12-13-18)16(2)22-17-9-6-5-7-10-17/h5-7,9-10,16H,3-4,8,11-15H2,1-2H3. The number of ether oxygens (including phenoxy) is 2. The van der Waals surface area contributed by atoms with Gasteiger partial charge in [-0.3, -0.25) is 0 Å². The van der Waals surface area contributed by atoms with E-state index in [1.54, 1.807) is 0 Å². The minimum absolute atomic E-state index is 0.206. The van der Waals surface area contributed by atoms with Crippen LogP contribution in [0.15, 0.2) is 35.2 Å². The highest BCUT2D eigenvalue weighted by Crippen LogP contribution is 2.64. The fourth-order valence-corrected chi connectivity index (χ4v) is 5.15. The van der Waals surface area contributed by atoms with Gasteiger partial charge >= 0.3 is 0 Å². The van der Waals surface area contributed by atoms with Crippen LogP contribution < -0.4 is 0 Å². The van der Waals surface area contributed by atoms with Gasteiger partial charge in [0.1, 0.15) is 0 Å². The molecular formula is C19H28O2S. The lowest BCUT2D eigenvalue weighted by molar-refractivity contribution is -0.211. The Hall–Kier alpha value is -0.510. The molecule has 122 valence electrons. The van der Waals surface area contributed by atoms with Crippen molar-refractivity contribution in [2.45, 2.75) is 68.3 Å². The molecule has 1 saturated carbocycles. The molecular weight excluding hydrogens is 292 g/mol. The molecule has 1 heterocycles. The molecule has 0 spiro atoms. The molecule has 1 aromatic rings. The molecule has 0 bridgehead atoms. The van der Waals surface area contributed by atoms with Gasteiger partial charge in [0.05, 0.1) is 13.2 Å². The summed E-state index contributed by atoms with van der Waals surface area (Å²) >= 11 is 1.98. The summed E-state index contributed by atoms with van der Waals surface area (Å²) in [6.07, 6.45) is 7.25. The second kappa shape index (κ2) is 6.94. The Morgan fingerprint density at radius 1 is 1.09 bits per heavy atom. The van der Waals surface area contributed by atoms with Gasteiger partial charge in [-0.2, -0.15) is 0 Å². The first kappa shape index (κ1) is 16.4. The summed E-state index contributed by atoms with van der Waals surface area (Å²) in [5, 5.41) is 0.523. The lowest BCUT2D eigenvalue weighted by Gasteiger charge is -2.39. The maximum absolute atomic E-state index is 6.24. The summed E-state index contributed by atoms with van der Waals surface area (Å²) in [7, 11) is 0. The van der Waals surface area contributed by atoms with Gasteiger partial charge in [-0.25, -0.2) is 0 Å². The van der Waals surface area contributed by atoms with Crippen LogP contribution in [0.1, 0.15) is 52.4 Å². The van der Waals surface area contributed by atoms with Crippen LogP contribution in [0.4, 0.5) is 0 Å². The van der Waals surface area contributed by atoms with Crippen molar-refractivity contribution in [3.8, 4) is 0 Å². The zero-order valence-electron chi connectivity index (χ0n) is 13.8. The van der Waals surface area contributed by atoms with E-state index in [2.05, 4.69) is 44.2 Å². The largest absolute Gasteiger partial charge is 0.347 e. The quantitative estimate of drug-likeness (QED) is 0.480. The number of thioether (sulfide) groups is 1. The van der Waals surface area contributed by atoms with Crippen LogP contribution in [0, 0.1) is 5.41 Å². The molecule has 3 heteroatoms. The minimum atomic E-state index is -0.316. The molecule has 1 saturated heterocycles. The number of benzene rings is 1. The van der Waals surface area contributed by atoms with Crippen LogP contribution in [0.25, 0.3) is 0 Å². The van der Waals surface area contributed by atoms with Gasteiger partial charge in [-0.1, -0.05) is 44.9 Å². The van der Waals surface area contributed by atoms with Crippen molar-refractivity contribution in [3.63, 3.8) is 0 Å². The van der Waals surface area contributed by atoms with E-state index in [-0.39, 0.29) is 11.2 Å². The molecule has 2 nitrogen and oxygen atoms in total. The van der Waals surface area contributed by atoms with Gasteiger partial charge in [0.15, 0.2) is 5.79 Å². The predicted octanol–water partition coefficient (Wildman–Crippen LogP) is 5.27. The Kier molecular flexibility index (Phi) is 5.16. The summed E-state index contributed by atoms with van der Waals surface area (Å²) in [6, 6.07) is 10.7. The molecule has 1 aliphatic carbocycles. The maximum atomic E-state index is 6.24. The summed E-state index contributed by atoms with van der Waals surface area (Å²) in [4.78, 5) is 1.35. The second-order valence-corrected chi connectivity index (χ2v) is 8.05. The van der Waals surface area contributed by atoms with Crippen molar-refractivity contribution in [3.05, 3.63) is 30.3 Å². The third-order valence-electron chi connectivity index (χ3n) is 5.24. The molecule has 1 unspecified atom stereocenters. The molecule has 1 atom stereocenters. The first-order valence-electron chi connectivity index (χ1n) is 8.72. The number of unbranched alkanes of at least 4 members (excludes halogenated alkanes) is 2. The second-order valence-electron chi connectivity index (χ2n) is 6.64. The van der Waals surface area contributed by atoms with E-state index in [1.165, 1.54) is 37.0 Å². The van der Waals surface area contributed by atoms with Gasteiger partial charge in [-0.05, 0) is 31.4 Å². The lowest BCUT2D eigenvalue weighted by atomic mass is 9.87. The maximum Gasteiger partial charge on any atom is 0.175 e. The number of hydrogen-bond donors (Lipinski definition) is 0. The van der Waals surface area contributed by atoms with Crippen LogP contribution in [-0.4, -0.2) is 24.3 Å². The molecule has 0 amide bonds. The van der Waals surface area contributed by atoms with E-state index in [0.29, 0.717) is 5.25 Å². The highest BCUT2D eigenvalue weighted by molar-refractivity contribution is 8.00. The van der Waals surface area contributed by atoms with Crippen molar-refractivity contribution in [2.75, 3.05) is 13.2 Å². The fourth-order valence-electron chi connectivity index (χ4n) is 3.79. The Morgan fingerprint density at radius 3 is 2.36 bits per heavy atom.